The fraction of sp³-hybridized carbons (Fsp3) is 0.216. The lowest BCUT2D eigenvalue weighted by Crippen LogP contribution is -1.91. The molecule has 0 aliphatic carbocycles. The van der Waals surface area contributed by atoms with Crippen LogP contribution in [-0.4, -0.2) is 0 Å². The molecule has 17 rings (SSSR count). The molecule has 0 aliphatic rings. The van der Waals surface area contributed by atoms with Crippen LogP contribution in [0.2, 0.25) is 0 Å². The molecule has 17 aromatic rings. The van der Waals surface area contributed by atoms with Crippen molar-refractivity contribution in [2.24, 2.45) is 0 Å². The molecule has 0 bridgehead atoms. The summed E-state index contributed by atoms with van der Waals surface area (Å²) in [5.74, 6) is 3.59. The van der Waals surface area contributed by atoms with E-state index in [0.29, 0.717) is 0 Å². The SMILES string of the molecule is Cc1ccc(-c2ccc(C)c(C)c2)cc1.Cc1ccc(-c2ccc(C)cc2C)cc1.Cc1ccc(Cc2cc(C)cc(C)c2)cc1.Cc1ccc(Oc2ccc(C)c(C)c2)cc1.Cc1ccc(Oc2ccc(C)cc2C)cc1.Cc1cccc(Cc2cc(C)cc(C)c2)c1.Cc1cccc(Cc2ccc(C)c(C)c2)c1.Cc1cccc2c(C)c3cccc(C)c3cc12. The number of ether oxygens (including phenoxy) is 2. The van der Waals surface area contributed by atoms with Crippen LogP contribution in [0.4, 0.5) is 0 Å². The smallest absolute Gasteiger partial charge is 0.130 e. The number of fused-ring (bicyclic) bond motifs is 2. The Bertz CT molecular complexity index is 6350. The van der Waals surface area contributed by atoms with Crippen molar-refractivity contribution in [1.29, 1.82) is 0 Å². The van der Waals surface area contributed by atoms with Gasteiger partial charge in [-0.2, -0.15) is 0 Å². The molecule has 0 N–H and O–H groups in total. The molecule has 0 atom stereocenters. The zero-order valence-corrected chi connectivity index (χ0v) is 80.3. The molecular weight excluding hydrogens is 1530 g/mol. The van der Waals surface area contributed by atoms with E-state index in [4.69, 9.17) is 9.47 Å². The molecule has 17 aromatic carbocycles. The Kier molecular flexibility index (Phi) is 35.3. The summed E-state index contributed by atoms with van der Waals surface area (Å²) >= 11 is 0. The van der Waals surface area contributed by atoms with E-state index in [1.807, 2.05) is 36.4 Å². The van der Waals surface area contributed by atoms with Crippen molar-refractivity contribution in [1.82, 2.24) is 0 Å². The summed E-state index contributed by atoms with van der Waals surface area (Å²) < 4.78 is 11.6. The van der Waals surface area contributed by atoms with E-state index in [0.717, 1.165) is 42.3 Å². The van der Waals surface area contributed by atoms with Crippen LogP contribution in [0, 0.1) is 166 Å². The Hall–Kier alpha value is -13.1. The Balaban J connectivity index is 0.000000151. The quantitative estimate of drug-likeness (QED) is 0.114. The van der Waals surface area contributed by atoms with Gasteiger partial charge in [0.15, 0.2) is 0 Å². The number of hydrogen-bond acceptors (Lipinski definition) is 2. The Labute approximate surface area is 763 Å². The summed E-state index contributed by atoms with van der Waals surface area (Å²) in [6.07, 6.45) is 3.09. The van der Waals surface area contributed by atoms with Crippen molar-refractivity contribution < 1.29 is 9.47 Å². The summed E-state index contributed by atoms with van der Waals surface area (Å²) in [7, 11) is 0. The van der Waals surface area contributed by atoms with Gasteiger partial charge in [-0.3, -0.25) is 0 Å². The van der Waals surface area contributed by atoms with Crippen LogP contribution in [0.1, 0.15) is 167 Å². The number of hydrogen-bond donors (Lipinski definition) is 0. The Morgan fingerprint density at radius 2 is 0.496 bits per heavy atom. The predicted octanol–water partition coefficient (Wildman–Crippen LogP) is 34.9. The molecule has 0 aliphatic heterocycles. The maximum absolute atomic E-state index is 5.82. The first-order chi connectivity index (χ1) is 60.7. The van der Waals surface area contributed by atoms with Crippen LogP contribution in [0.25, 0.3) is 43.8 Å². The number of aryl methyl sites for hydroxylation is 24. The topological polar surface area (TPSA) is 18.5 Å². The van der Waals surface area contributed by atoms with Crippen LogP contribution in [0.5, 0.6) is 23.0 Å². The van der Waals surface area contributed by atoms with Crippen LogP contribution >= 0.6 is 0 Å². The van der Waals surface area contributed by atoms with E-state index >= 15 is 0 Å². The summed E-state index contributed by atoms with van der Waals surface area (Å²) in [4.78, 5) is 0. The standard InChI is InChI=1S/C17H16.3C16H18.2C15H16O.2C15H16/c1-11-6-4-8-14-13(3)15-9-5-7-12(2)17(15)10-16(11)14;1-12-4-6-15(7-5-12)11-16-9-13(2)8-14(3)10-16;1-12-5-4-6-15(8-12)11-16-9-13(2)7-14(3)10-16;1-12-5-4-6-15(9-12)11-16-8-7-13(2)14(3)10-16;1-11-4-7-14(8-5-11)16-15-9-6-12(2)13(3)10-15;1-11-4-7-14(8-5-11)16-15-9-6-12(2)10-13(15)3;1-11-4-7-14(8-5-11)15-9-6-12(2)13(3)10-15;1-11-4-7-14(8-5-11)15-9-6-12(2)10-13(15)3/h4-10H,1-3H3;3*4-10H,11H2,1-3H3;2*4-10H,1-3H3;2*4-10H,1-3H3. The van der Waals surface area contributed by atoms with Crippen LogP contribution in [0.3, 0.4) is 0 Å². The molecule has 2 nitrogen and oxygen atoms in total. The second kappa shape index (κ2) is 46.7. The zero-order valence-electron chi connectivity index (χ0n) is 80.3. The summed E-state index contributed by atoms with van der Waals surface area (Å²) in [5.41, 5.74) is 45.3. The molecule has 0 unspecified atom stereocenters. The Morgan fingerprint density at radius 3 is 0.945 bits per heavy atom. The fourth-order valence-corrected chi connectivity index (χ4v) is 15.7. The van der Waals surface area contributed by atoms with Gasteiger partial charge in [0.05, 0.1) is 0 Å². The fourth-order valence-electron chi connectivity index (χ4n) is 15.7. The molecular formula is C125H134O2. The van der Waals surface area contributed by atoms with Crippen molar-refractivity contribution in [3.05, 3.63) is 507 Å². The molecule has 0 spiro atoms. The molecule has 646 valence electrons. The molecule has 0 radical (unpaired) electrons. The largest absolute Gasteiger partial charge is 0.457 e. The lowest BCUT2D eigenvalue weighted by molar-refractivity contribution is 0.478. The van der Waals surface area contributed by atoms with E-state index in [9.17, 15) is 0 Å². The van der Waals surface area contributed by atoms with Gasteiger partial charge in [-0.15, -0.1) is 0 Å². The highest BCUT2D eigenvalue weighted by Gasteiger charge is 2.10. The van der Waals surface area contributed by atoms with Crippen LogP contribution in [0.15, 0.2) is 340 Å². The van der Waals surface area contributed by atoms with Gasteiger partial charge in [-0.1, -0.05) is 364 Å². The third kappa shape index (κ3) is 30.3. The Morgan fingerprint density at radius 1 is 0.157 bits per heavy atom. The second-order valence-electron chi connectivity index (χ2n) is 35.4. The molecule has 0 saturated heterocycles. The minimum Gasteiger partial charge on any atom is -0.457 e. The van der Waals surface area contributed by atoms with Crippen LogP contribution in [-0.2, 0) is 19.3 Å². The van der Waals surface area contributed by atoms with Gasteiger partial charge in [0.1, 0.15) is 23.0 Å². The van der Waals surface area contributed by atoms with Crippen molar-refractivity contribution in [2.75, 3.05) is 0 Å². The van der Waals surface area contributed by atoms with Crippen molar-refractivity contribution in [2.45, 2.75) is 185 Å². The molecule has 0 fully saturated rings. The zero-order chi connectivity index (χ0) is 91.4. The molecule has 0 amide bonds. The average molecular weight is 1670 g/mol. The third-order valence-corrected chi connectivity index (χ3v) is 23.3. The lowest BCUT2D eigenvalue weighted by Gasteiger charge is -2.11. The van der Waals surface area contributed by atoms with E-state index in [-0.39, 0.29) is 0 Å². The summed E-state index contributed by atoms with van der Waals surface area (Å²) in [6.45, 7) is 51.3. The average Bonchev–Trinajstić information content (AvgIpc) is 0.765. The van der Waals surface area contributed by atoms with E-state index in [1.54, 1.807) is 0 Å². The third-order valence-electron chi connectivity index (χ3n) is 23.3. The first-order valence-electron chi connectivity index (χ1n) is 44.9. The molecule has 0 aromatic heterocycles. The second-order valence-corrected chi connectivity index (χ2v) is 35.4. The highest BCUT2D eigenvalue weighted by Crippen LogP contribution is 2.34. The predicted molar refractivity (Wildman–Crippen MR) is 552 cm³/mol. The minimum absolute atomic E-state index is 0.883. The van der Waals surface area contributed by atoms with Gasteiger partial charge in [0.25, 0.3) is 0 Å². The van der Waals surface area contributed by atoms with Crippen molar-refractivity contribution in [3.63, 3.8) is 0 Å². The van der Waals surface area contributed by atoms with Gasteiger partial charge >= 0.3 is 0 Å². The van der Waals surface area contributed by atoms with E-state index in [2.05, 4.69) is 469 Å². The number of benzene rings is 17. The van der Waals surface area contributed by atoms with Gasteiger partial charge in [0.2, 0.25) is 0 Å². The summed E-state index contributed by atoms with van der Waals surface area (Å²) in [6, 6.07) is 121. The van der Waals surface area contributed by atoms with Crippen molar-refractivity contribution in [3.8, 4) is 45.3 Å². The first kappa shape index (κ1) is 96.1. The van der Waals surface area contributed by atoms with Crippen LogP contribution < -0.4 is 9.47 Å². The molecule has 2 heteroatoms. The molecule has 127 heavy (non-hydrogen) atoms. The lowest BCUT2D eigenvalue weighted by atomic mass is 9.93. The first-order valence-corrected chi connectivity index (χ1v) is 44.9. The monoisotopic (exact) mass is 1670 g/mol. The van der Waals surface area contributed by atoms with Gasteiger partial charge in [-0.25, -0.2) is 0 Å². The van der Waals surface area contributed by atoms with Crippen molar-refractivity contribution >= 4 is 21.5 Å². The normalized spacial score (nSPS) is 10.5. The van der Waals surface area contributed by atoms with Gasteiger partial charge in [-0.05, 0) is 372 Å². The number of rotatable bonds is 12. The highest BCUT2D eigenvalue weighted by molar-refractivity contribution is 6.04. The maximum Gasteiger partial charge on any atom is 0.130 e. The highest BCUT2D eigenvalue weighted by atomic mass is 16.5. The van der Waals surface area contributed by atoms with Gasteiger partial charge < -0.3 is 9.47 Å². The molecule has 0 heterocycles. The van der Waals surface area contributed by atoms with E-state index < -0.39 is 0 Å². The summed E-state index contributed by atoms with van der Waals surface area (Å²) in [5, 5.41) is 5.52. The molecule has 0 saturated carbocycles. The minimum atomic E-state index is 0.883. The maximum atomic E-state index is 5.82. The van der Waals surface area contributed by atoms with Gasteiger partial charge in [0, 0.05) is 0 Å². The van der Waals surface area contributed by atoms with E-state index in [1.165, 1.54) is 211 Å².